The smallest absolute Gasteiger partial charge is 0.255 e. The van der Waals surface area contributed by atoms with Gasteiger partial charge in [0.25, 0.3) is 5.56 Å². The van der Waals surface area contributed by atoms with Crippen LogP contribution in [0, 0.1) is 0 Å². The number of benzene rings is 1. The lowest BCUT2D eigenvalue weighted by atomic mass is 10.0. The topological polar surface area (TPSA) is 42.1 Å². The Morgan fingerprint density at radius 3 is 3.06 bits per heavy atom. The third-order valence-electron chi connectivity index (χ3n) is 3.09. The van der Waals surface area contributed by atoms with Gasteiger partial charge in [0.2, 0.25) is 0 Å². The van der Waals surface area contributed by atoms with E-state index in [0.717, 1.165) is 35.1 Å². The lowest BCUT2D eigenvalue weighted by molar-refractivity contribution is 0.194. The molecule has 1 aromatic carbocycles. The van der Waals surface area contributed by atoms with Gasteiger partial charge in [-0.25, -0.2) is 0 Å². The summed E-state index contributed by atoms with van der Waals surface area (Å²) in [6.45, 7) is 2.04. The van der Waals surface area contributed by atoms with Crippen LogP contribution in [0.1, 0.15) is 18.9 Å². The molecule has 3 rings (SSSR count). The van der Waals surface area contributed by atoms with Gasteiger partial charge in [-0.05, 0) is 31.9 Å². The molecule has 1 atom stereocenters. The monoisotopic (exact) mass is 215 g/mol. The third kappa shape index (κ3) is 1.32. The van der Waals surface area contributed by atoms with Crippen molar-refractivity contribution >= 4 is 10.9 Å². The van der Waals surface area contributed by atoms with Gasteiger partial charge in [-0.1, -0.05) is 12.1 Å². The lowest BCUT2D eigenvalue weighted by Gasteiger charge is -2.23. The summed E-state index contributed by atoms with van der Waals surface area (Å²) >= 11 is 0. The first-order valence-corrected chi connectivity index (χ1v) is 5.56. The summed E-state index contributed by atoms with van der Waals surface area (Å²) in [5.41, 5.74) is 1.62. The number of ether oxygens (including phenoxy) is 1. The summed E-state index contributed by atoms with van der Waals surface area (Å²) < 4.78 is 5.81. The minimum absolute atomic E-state index is 0.0133. The number of hydrogen-bond donors (Lipinski definition) is 1. The van der Waals surface area contributed by atoms with Crippen LogP contribution < -0.4 is 10.3 Å². The quantitative estimate of drug-likeness (QED) is 0.732. The van der Waals surface area contributed by atoms with E-state index in [4.69, 9.17) is 4.74 Å². The maximum Gasteiger partial charge on any atom is 0.255 e. The molecular formula is C13H13NO2. The zero-order chi connectivity index (χ0) is 11.1. The molecule has 2 heterocycles. The van der Waals surface area contributed by atoms with Crippen molar-refractivity contribution < 1.29 is 4.74 Å². The molecule has 3 nitrogen and oxygen atoms in total. The summed E-state index contributed by atoms with van der Waals surface area (Å²) in [4.78, 5) is 14.7. The Bertz CT molecular complexity index is 600. The molecule has 82 valence electrons. The van der Waals surface area contributed by atoms with Crippen LogP contribution in [0.4, 0.5) is 0 Å². The molecule has 0 unspecified atom stereocenters. The summed E-state index contributed by atoms with van der Waals surface area (Å²) in [5.74, 6) is 0.776. The Labute approximate surface area is 93.1 Å². The van der Waals surface area contributed by atoms with Crippen LogP contribution in [0.2, 0.25) is 0 Å². The normalized spacial score (nSPS) is 19.2. The molecule has 1 aliphatic heterocycles. The predicted octanol–water partition coefficient (Wildman–Crippen LogP) is 2.24. The van der Waals surface area contributed by atoms with Crippen molar-refractivity contribution in [2.24, 2.45) is 0 Å². The Kier molecular flexibility index (Phi) is 1.99. The van der Waals surface area contributed by atoms with E-state index in [1.54, 1.807) is 0 Å². The van der Waals surface area contributed by atoms with Crippen LogP contribution >= 0.6 is 0 Å². The molecule has 0 amide bonds. The molecule has 0 fully saturated rings. The molecule has 1 aromatic heterocycles. The highest BCUT2D eigenvalue weighted by molar-refractivity contribution is 5.86. The third-order valence-corrected chi connectivity index (χ3v) is 3.09. The molecular weight excluding hydrogens is 202 g/mol. The number of rotatable bonds is 0. The van der Waals surface area contributed by atoms with Gasteiger partial charge in [0.05, 0.1) is 17.2 Å². The molecule has 0 saturated heterocycles. The molecule has 0 saturated carbocycles. The van der Waals surface area contributed by atoms with Crippen molar-refractivity contribution in [3.8, 4) is 5.75 Å². The minimum Gasteiger partial charge on any atom is -0.490 e. The zero-order valence-electron chi connectivity index (χ0n) is 9.12. The van der Waals surface area contributed by atoms with Crippen molar-refractivity contribution in [2.45, 2.75) is 25.9 Å². The van der Waals surface area contributed by atoms with E-state index in [-0.39, 0.29) is 11.7 Å². The van der Waals surface area contributed by atoms with Gasteiger partial charge in [-0.3, -0.25) is 4.79 Å². The summed E-state index contributed by atoms with van der Waals surface area (Å²) in [7, 11) is 0. The highest BCUT2D eigenvalue weighted by Gasteiger charge is 2.21. The second-order valence-electron chi connectivity index (χ2n) is 4.27. The molecule has 2 aromatic rings. The maximum absolute atomic E-state index is 11.8. The van der Waals surface area contributed by atoms with Crippen molar-refractivity contribution in [1.82, 2.24) is 4.98 Å². The summed E-state index contributed by atoms with van der Waals surface area (Å²) in [6, 6.07) is 7.77. The van der Waals surface area contributed by atoms with Crippen LogP contribution in [0.15, 0.2) is 29.1 Å². The number of aromatic nitrogens is 1. The first kappa shape index (κ1) is 9.46. The van der Waals surface area contributed by atoms with Crippen molar-refractivity contribution in [3.63, 3.8) is 0 Å². The molecule has 0 aliphatic carbocycles. The van der Waals surface area contributed by atoms with Crippen LogP contribution in [0.25, 0.3) is 10.9 Å². The Balaban J connectivity index is 2.38. The first-order chi connectivity index (χ1) is 7.75. The lowest BCUT2D eigenvalue weighted by Crippen LogP contribution is -2.25. The molecule has 16 heavy (non-hydrogen) atoms. The second kappa shape index (κ2) is 3.37. The van der Waals surface area contributed by atoms with E-state index in [1.807, 2.05) is 31.2 Å². The molecule has 1 aliphatic rings. The van der Waals surface area contributed by atoms with Crippen molar-refractivity contribution in [2.75, 3.05) is 0 Å². The van der Waals surface area contributed by atoms with Gasteiger partial charge in [0.15, 0.2) is 0 Å². The second-order valence-corrected chi connectivity index (χ2v) is 4.27. The van der Waals surface area contributed by atoms with E-state index >= 15 is 0 Å². The van der Waals surface area contributed by atoms with Crippen LogP contribution in [0.3, 0.4) is 0 Å². The number of hydrogen-bond acceptors (Lipinski definition) is 2. The predicted molar refractivity (Wildman–Crippen MR) is 63.0 cm³/mol. The van der Waals surface area contributed by atoms with E-state index in [9.17, 15) is 4.79 Å². The van der Waals surface area contributed by atoms with Crippen LogP contribution in [0.5, 0.6) is 5.75 Å². The van der Waals surface area contributed by atoms with E-state index in [0.29, 0.717) is 0 Å². The van der Waals surface area contributed by atoms with Gasteiger partial charge < -0.3 is 9.72 Å². The zero-order valence-corrected chi connectivity index (χ0v) is 9.12. The highest BCUT2D eigenvalue weighted by atomic mass is 16.5. The fourth-order valence-electron chi connectivity index (χ4n) is 2.22. The first-order valence-electron chi connectivity index (χ1n) is 5.56. The SMILES string of the molecule is C[C@@H]1CCc2c(c3ccccc3[nH]c2=O)O1. The number of aromatic amines is 1. The minimum atomic E-state index is -0.0133. The number of para-hydroxylation sites is 1. The molecule has 1 N–H and O–H groups in total. The van der Waals surface area contributed by atoms with E-state index in [2.05, 4.69) is 4.98 Å². The molecule has 0 radical (unpaired) electrons. The Hall–Kier alpha value is -1.77. The largest absolute Gasteiger partial charge is 0.490 e. The Morgan fingerprint density at radius 1 is 1.38 bits per heavy atom. The van der Waals surface area contributed by atoms with Gasteiger partial charge in [-0.2, -0.15) is 0 Å². The highest BCUT2D eigenvalue weighted by Crippen LogP contribution is 2.31. The molecule has 0 bridgehead atoms. The van der Waals surface area contributed by atoms with Crippen molar-refractivity contribution in [3.05, 3.63) is 40.2 Å². The fraction of sp³-hybridized carbons (Fsp3) is 0.308. The van der Waals surface area contributed by atoms with E-state index < -0.39 is 0 Å². The Morgan fingerprint density at radius 2 is 2.19 bits per heavy atom. The number of pyridine rings is 1. The molecule has 0 spiro atoms. The number of nitrogens with one attached hydrogen (secondary N) is 1. The maximum atomic E-state index is 11.8. The van der Waals surface area contributed by atoms with Gasteiger partial charge in [-0.15, -0.1) is 0 Å². The number of H-pyrrole nitrogens is 1. The van der Waals surface area contributed by atoms with E-state index in [1.165, 1.54) is 0 Å². The summed E-state index contributed by atoms with van der Waals surface area (Å²) in [5, 5.41) is 1.00. The average Bonchev–Trinajstić information content (AvgIpc) is 2.29. The number of fused-ring (bicyclic) bond motifs is 3. The van der Waals surface area contributed by atoms with Crippen molar-refractivity contribution in [1.29, 1.82) is 0 Å². The van der Waals surface area contributed by atoms with Gasteiger partial charge >= 0.3 is 0 Å². The standard InChI is InChI=1S/C13H13NO2/c1-8-6-7-10-12(16-8)9-4-2-3-5-11(9)14-13(10)15/h2-5,8H,6-7H2,1H3,(H,14,15)/t8-/m1/s1. The van der Waals surface area contributed by atoms with Gasteiger partial charge in [0, 0.05) is 5.39 Å². The van der Waals surface area contributed by atoms with Crippen LogP contribution in [-0.4, -0.2) is 11.1 Å². The molecule has 3 heteroatoms. The fourth-order valence-corrected chi connectivity index (χ4v) is 2.22. The van der Waals surface area contributed by atoms with Gasteiger partial charge in [0.1, 0.15) is 5.75 Å². The van der Waals surface area contributed by atoms with Crippen LogP contribution in [-0.2, 0) is 6.42 Å². The average molecular weight is 215 g/mol. The summed E-state index contributed by atoms with van der Waals surface area (Å²) in [6.07, 6.45) is 1.91.